The maximum Gasteiger partial charge on any atom is 0.251 e. The van der Waals surface area contributed by atoms with Crippen molar-refractivity contribution in [2.45, 2.75) is 18.0 Å². The van der Waals surface area contributed by atoms with Crippen LogP contribution in [0.4, 0.5) is 4.39 Å². The van der Waals surface area contributed by atoms with Crippen LogP contribution in [0.3, 0.4) is 0 Å². The molecule has 1 atom stereocenters. The van der Waals surface area contributed by atoms with E-state index in [-0.39, 0.29) is 18.3 Å². The molecule has 1 amide bonds. The number of amides is 1. The number of pyridine rings is 2. The lowest BCUT2D eigenvalue weighted by Gasteiger charge is -2.10. The van der Waals surface area contributed by atoms with Crippen LogP contribution in [-0.2, 0) is 28.7 Å². The van der Waals surface area contributed by atoms with Crippen molar-refractivity contribution >= 4 is 16.7 Å². The number of rotatable bonds is 5. The first-order valence-corrected chi connectivity index (χ1v) is 12.4. The number of ether oxygens (including phenoxy) is 1. The van der Waals surface area contributed by atoms with Crippen molar-refractivity contribution in [3.8, 4) is 22.4 Å². The van der Waals surface area contributed by atoms with E-state index in [1.165, 1.54) is 6.07 Å². The van der Waals surface area contributed by atoms with Gasteiger partial charge in [-0.1, -0.05) is 18.2 Å². The number of hydrogen-bond acceptors (Lipinski definition) is 5. The number of fused-ring (bicyclic) bond motifs is 1. The Hall–Kier alpha value is -3.75. The van der Waals surface area contributed by atoms with Crippen LogP contribution in [0.15, 0.2) is 84.0 Å². The average molecular weight is 488 g/mol. The molecule has 0 saturated heterocycles. The van der Waals surface area contributed by atoms with Crippen molar-refractivity contribution in [2.75, 3.05) is 12.4 Å². The van der Waals surface area contributed by atoms with Crippen molar-refractivity contribution in [1.82, 2.24) is 15.3 Å². The second kappa shape index (κ2) is 10.2. The lowest BCUT2D eigenvalue weighted by atomic mass is 10.0. The van der Waals surface area contributed by atoms with Crippen LogP contribution in [0.25, 0.3) is 22.4 Å². The van der Waals surface area contributed by atoms with Crippen LogP contribution in [0.2, 0.25) is 0 Å². The van der Waals surface area contributed by atoms with Gasteiger partial charge in [0.2, 0.25) is 0 Å². The lowest BCUT2D eigenvalue weighted by molar-refractivity contribution is 0.0950. The van der Waals surface area contributed by atoms with Gasteiger partial charge >= 0.3 is 0 Å². The molecule has 0 spiro atoms. The van der Waals surface area contributed by atoms with Crippen LogP contribution >= 0.6 is 0 Å². The molecular formula is C27H22FN3O3S. The van der Waals surface area contributed by atoms with Gasteiger partial charge in [0.25, 0.3) is 5.91 Å². The predicted octanol–water partition coefficient (Wildman–Crippen LogP) is 4.52. The highest BCUT2D eigenvalue weighted by Gasteiger charge is 2.17. The highest BCUT2D eigenvalue weighted by Crippen LogP contribution is 2.28. The van der Waals surface area contributed by atoms with Crippen LogP contribution in [-0.4, -0.2) is 32.4 Å². The van der Waals surface area contributed by atoms with Crippen molar-refractivity contribution in [1.29, 1.82) is 0 Å². The van der Waals surface area contributed by atoms with Gasteiger partial charge in [-0.25, -0.2) is 4.39 Å². The number of nitrogens with one attached hydrogen (secondary N) is 1. The Labute approximate surface area is 204 Å². The standard InChI is InChI=1S/C27H22FN3O3S/c28-24-7-6-18(14-23(24)25-3-1-2-9-30-25)19-8-10-29-22(13-19)16-31-27(32)20-4-5-21-17-34-11-12-35(33)26(21)15-20/h1-10,13-15H,11-12,16-17H2,(H,31,32). The molecule has 1 aliphatic heterocycles. The molecule has 4 aromatic rings. The maximum absolute atomic E-state index is 14.4. The number of halogens is 1. The fourth-order valence-corrected chi connectivity index (χ4v) is 5.07. The molecule has 5 rings (SSSR count). The van der Waals surface area contributed by atoms with Crippen LogP contribution < -0.4 is 5.32 Å². The first-order chi connectivity index (χ1) is 17.1. The van der Waals surface area contributed by atoms with Gasteiger partial charge in [0, 0.05) is 28.4 Å². The van der Waals surface area contributed by atoms with E-state index in [9.17, 15) is 13.4 Å². The largest absolute Gasteiger partial charge is 0.376 e. The number of carbonyl (C=O) groups is 1. The average Bonchev–Trinajstić information content (AvgIpc) is 3.09. The first-order valence-electron chi connectivity index (χ1n) is 11.1. The van der Waals surface area contributed by atoms with Crippen molar-refractivity contribution in [3.05, 3.63) is 102 Å². The van der Waals surface area contributed by atoms with Gasteiger partial charge < -0.3 is 10.1 Å². The predicted molar refractivity (Wildman–Crippen MR) is 131 cm³/mol. The van der Waals surface area contributed by atoms with Gasteiger partial charge in [-0.15, -0.1) is 0 Å². The Morgan fingerprint density at radius 3 is 2.74 bits per heavy atom. The summed E-state index contributed by atoms with van der Waals surface area (Å²) in [5.74, 6) is -0.205. The zero-order valence-corrected chi connectivity index (χ0v) is 19.6. The summed E-state index contributed by atoms with van der Waals surface area (Å²) < 4.78 is 32.3. The molecule has 3 heterocycles. The third-order valence-corrected chi connectivity index (χ3v) is 7.14. The molecule has 0 saturated carbocycles. The highest BCUT2D eigenvalue weighted by atomic mass is 32.2. The number of benzene rings is 2. The van der Waals surface area contributed by atoms with Gasteiger partial charge in [-0.05, 0) is 65.2 Å². The fourth-order valence-electron chi connectivity index (χ4n) is 3.90. The molecule has 1 N–H and O–H groups in total. The maximum atomic E-state index is 14.4. The molecule has 0 radical (unpaired) electrons. The monoisotopic (exact) mass is 487 g/mol. The zero-order valence-electron chi connectivity index (χ0n) is 18.7. The molecule has 2 aromatic carbocycles. The van der Waals surface area contributed by atoms with E-state index in [0.29, 0.717) is 46.4 Å². The van der Waals surface area contributed by atoms with Gasteiger partial charge in [0.1, 0.15) is 5.82 Å². The smallest absolute Gasteiger partial charge is 0.251 e. The van der Waals surface area contributed by atoms with Crippen molar-refractivity contribution in [3.63, 3.8) is 0 Å². The van der Waals surface area contributed by atoms with E-state index >= 15 is 0 Å². The highest BCUT2D eigenvalue weighted by molar-refractivity contribution is 7.85. The lowest BCUT2D eigenvalue weighted by Crippen LogP contribution is -2.23. The summed E-state index contributed by atoms with van der Waals surface area (Å²) in [5.41, 5.74) is 4.58. The molecule has 0 bridgehead atoms. The third-order valence-electron chi connectivity index (χ3n) is 5.73. The van der Waals surface area contributed by atoms with E-state index < -0.39 is 10.8 Å². The van der Waals surface area contributed by atoms with Gasteiger partial charge in [-0.3, -0.25) is 19.0 Å². The summed E-state index contributed by atoms with van der Waals surface area (Å²) >= 11 is 0. The van der Waals surface area contributed by atoms with Gasteiger partial charge in [0.15, 0.2) is 0 Å². The minimum atomic E-state index is -1.19. The molecule has 0 aliphatic carbocycles. The topological polar surface area (TPSA) is 81.2 Å². The molecular weight excluding hydrogens is 465 g/mol. The normalized spacial score (nSPS) is 15.2. The number of hydrogen-bond donors (Lipinski definition) is 1. The summed E-state index contributed by atoms with van der Waals surface area (Å²) in [5, 5.41) is 2.88. The molecule has 6 nitrogen and oxygen atoms in total. The Balaban J connectivity index is 1.33. The SMILES string of the molecule is O=C(NCc1cc(-c2ccc(F)c(-c3ccccn3)c2)ccn1)c1ccc2c(c1)S(=O)CCOC2. The van der Waals surface area contributed by atoms with E-state index in [1.807, 2.05) is 18.2 Å². The molecule has 35 heavy (non-hydrogen) atoms. The molecule has 1 aliphatic rings. The minimum absolute atomic E-state index is 0.213. The van der Waals surface area contributed by atoms with Gasteiger partial charge in [-0.2, -0.15) is 0 Å². The van der Waals surface area contributed by atoms with Gasteiger partial charge in [0.05, 0.1) is 47.7 Å². The van der Waals surface area contributed by atoms with E-state index in [1.54, 1.807) is 54.9 Å². The molecule has 8 heteroatoms. The summed E-state index contributed by atoms with van der Waals surface area (Å²) in [6.07, 6.45) is 3.29. The fraction of sp³-hybridized carbons (Fsp3) is 0.148. The molecule has 176 valence electrons. The summed E-state index contributed by atoms with van der Waals surface area (Å²) in [6.45, 7) is 1.04. The van der Waals surface area contributed by atoms with E-state index in [0.717, 1.165) is 16.7 Å². The van der Waals surface area contributed by atoms with Crippen LogP contribution in [0.1, 0.15) is 21.6 Å². The Bertz CT molecular complexity index is 1410. The zero-order chi connectivity index (χ0) is 24.2. The summed E-state index contributed by atoms with van der Waals surface area (Å²) in [7, 11) is -1.19. The minimum Gasteiger partial charge on any atom is -0.376 e. The van der Waals surface area contributed by atoms with Crippen LogP contribution in [0.5, 0.6) is 0 Å². The van der Waals surface area contributed by atoms with Crippen LogP contribution in [0, 0.1) is 5.82 Å². The third kappa shape index (κ3) is 5.18. The quantitative estimate of drug-likeness (QED) is 0.448. The molecule has 2 aromatic heterocycles. The second-order valence-electron chi connectivity index (χ2n) is 8.05. The Morgan fingerprint density at radius 2 is 1.89 bits per heavy atom. The summed E-state index contributed by atoms with van der Waals surface area (Å²) in [4.78, 5) is 22.0. The summed E-state index contributed by atoms with van der Waals surface area (Å²) in [6, 6.07) is 19.1. The second-order valence-corrected chi connectivity index (χ2v) is 9.59. The van der Waals surface area contributed by atoms with E-state index in [4.69, 9.17) is 4.74 Å². The molecule has 1 unspecified atom stereocenters. The van der Waals surface area contributed by atoms with Crippen molar-refractivity contribution in [2.24, 2.45) is 0 Å². The molecule has 0 fully saturated rings. The van der Waals surface area contributed by atoms with E-state index in [2.05, 4.69) is 15.3 Å². The number of nitrogens with zero attached hydrogens (tertiary/aromatic N) is 2. The van der Waals surface area contributed by atoms with Crippen molar-refractivity contribution < 1.29 is 18.1 Å². The number of aromatic nitrogens is 2. The first kappa shape index (κ1) is 23.0. The number of carbonyl (C=O) groups excluding carboxylic acids is 1. The Morgan fingerprint density at radius 1 is 1.00 bits per heavy atom. The Kier molecular flexibility index (Phi) is 6.74.